The van der Waals surface area contributed by atoms with Crippen molar-refractivity contribution in [2.45, 2.75) is 45.1 Å². The van der Waals surface area contributed by atoms with Gasteiger partial charge in [-0.1, -0.05) is 33.8 Å². The molecule has 1 atom stereocenters. The molecule has 9 heteroatoms. The van der Waals surface area contributed by atoms with Crippen LogP contribution in [0.5, 0.6) is 0 Å². The standard InChI is InChI=1S/C19H27N3O5S/c1-6-22(7-2)28(25,26)16-10-8-9-15(11-16)18(24)27-12-17(23)21-19(5,13-20)14(3)4/h8-11,14H,6-7,12H2,1-5H3,(H,21,23). The fourth-order valence-corrected chi connectivity index (χ4v) is 3.84. The molecule has 1 aromatic rings. The molecule has 0 radical (unpaired) electrons. The number of carbonyl (C=O) groups is 2. The van der Waals surface area contributed by atoms with Crippen LogP contribution in [0.2, 0.25) is 0 Å². The average molecular weight is 410 g/mol. The van der Waals surface area contributed by atoms with Gasteiger partial charge in [0.2, 0.25) is 10.0 Å². The molecular weight excluding hydrogens is 382 g/mol. The number of esters is 1. The van der Waals surface area contributed by atoms with Crippen molar-refractivity contribution in [3.8, 4) is 6.07 Å². The molecule has 0 fully saturated rings. The Morgan fingerprint density at radius 3 is 2.39 bits per heavy atom. The van der Waals surface area contributed by atoms with Crippen molar-refractivity contribution in [3.63, 3.8) is 0 Å². The van der Waals surface area contributed by atoms with Gasteiger partial charge in [0.1, 0.15) is 5.54 Å². The van der Waals surface area contributed by atoms with Crippen molar-refractivity contribution >= 4 is 21.9 Å². The second-order valence-corrected chi connectivity index (χ2v) is 8.65. The van der Waals surface area contributed by atoms with Crippen LogP contribution in [-0.2, 0) is 19.6 Å². The van der Waals surface area contributed by atoms with Crippen molar-refractivity contribution in [2.24, 2.45) is 5.92 Å². The number of carbonyl (C=O) groups excluding carboxylic acids is 2. The summed E-state index contributed by atoms with van der Waals surface area (Å²) in [5.41, 5.74) is -1.06. The van der Waals surface area contributed by atoms with Crippen molar-refractivity contribution in [2.75, 3.05) is 19.7 Å². The minimum Gasteiger partial charge on any atom is -0.452 e. The van der Waals surface area contributed by atoms with Crippen LogP contribution in [0.4, 0.5) is 0 Å². The van der Waals surface area contributed by atoms with E-state index in [9.17, 15) is 23.3 Å². The number of amides is 1. The fourth-order valence-electron chi connectivity index (χ4n) is 2.34. The zero-order valence-corrected chi connectivity index (χ0v) is 17.7. The van der Waals surface area contributed by atoms with Gasteiger partial charge < -0.3 is 10.1 Å². The number of nitrogens with one attached hydrogen (secondary N) is 1. The third kappa shape index (κ3) is 5.53. The van der Waals surface area contributed by atoms with Gasteiger partial charge in [0.15, 0.2) is 6.61 Å². The van der Waals surface area contributed by atoms with Crippen LogP contribution in [0.15, 0.2) is 29.2 Å². The first-order valence-electron chi connectivity index (χ1n) is 9.01. The Morgan fingerprint density at radius 2 is 1.89 bits per heavy atom. The quantitative estimate of drug-likeness (QED) is 0.623. The Labute approximate surface area is 166 Å². The summed E-state index contributed by atoms with van der Waals surface area (Å²) in [6.07, 6.45) is 0. The molecule has 0 aliphatic rings. The topological polar surface area (TPSA) is 117 Å². The molecule has 0 bridgehead atoms. The van der Waals surface area contributed by atoms with E-state index < -0.39 is 34.0 Å². The normalized spacial score (nSPS) is 13.6. The lowest BCUT2D eigenvalue weighted by Gasteiger charge is -2.27. The van der Waals surface area contributed by atoms with Crippen LogP contribution in [0.1, 0.15) is 45.0 Å². The van der Waals surface area contributed by atoms with E-state index >= 15 is 0 Å². The fraction of sp³-hybridized carbons (Fsp3) is 0.526. The molecule has 0 aromatic heterocycles. The maximum Gasteiger partial charge on any atom is 0.338 e. The molecule has 1 N–H and O–H groups in total. The lowest BCUT2D eigenvalue weighted by Crippen LogP contribution is -2.50. The molecule has 8 nitrogen and oxygen atoms in total. The van der Waals surface area contributed by atoms with Crippen LogP contribution in [0.25, 0.3) is 0 Å². The maximum atomic E-state index is 12.6. The lowest BCUT2D eigenvalue weighted by atomic mass is 9.90. The monoisotopic (exact) mass is 409 g/mol. The first kappa shape index (κ1) is 23.6. The third-order valence-electron chi connectivity index (χ3n) is 4.53. The summed E-state index contributed by atoms with van der Waals surface area (Å²) >= 11 is 0. The van der Waals surface area contributed by atoms with E-state index in [2.05, 4.69) is 5.32 Å². The summed E-state index contributed by atoms with van der Waals surface area (Å²) in [6.45, 7) is 8.65. The molecule has 1 aromatic carbocycles. The molecule has 0 heterocycles. The van der Waals surface area contributed by atoms with Crippen molar-refractivity contribution in [1.82, 2.24) is 9.62 Å². The Kier molecular flexibility index (Phi) is 8.14. The number of benzene rings is 1. The summed E-state index contributed by atoms with van der Waals surface area (Å²) in [5.74, 6) is -1.58. The largest absolute Gasteiger partial charge is 0.452 e. The second kappa shape index (κ2) is 9.66. The van der Waals surface area contributed by atoms with E-state index in [0.717, 1.165) is 0 Å². The van der Waals surface area contributed by atoms with Gasteiger partial charge in [-0.2, -0.15) is 9.57 Å². The molecule has 0 saturated carbocycles. The highest BCUT2D eigenvalue weighted by Crippen LogP contribution is 2.18. The van der Waals surface area contributed by atoms with Crippen LogP contribution < -0.4 is 5.32 Å². The van der Waals surface area contributed by atoms with Crippen LogP contribution in [-0.4, -0.2) is 49.8 Å². The molecule has 154 valence electrons. The number of hydrogen-bond donors (Lipinski definition) is 1. The highest BCUT2D eigenvalue weighted by molar-refractivity contribution is 7.89. The Hall–Kier alpha value is -2.44. The van der Waals surface area contributed by atoms with E-state index in [1.807, 2.05) is 6.07 Å². The molecule has 1 amide bonds. The SMILES string of the molecule is CCN(CC)S(=O)(=O)c1cccc(C(=O)OCC(=O)NC(C)(C#N)C(C)C)c1. The number of hydrogen-bond acceptors (Lipinski definition) is 6. The number of ether oxygens (including phenoxy) is 1. The summed E-state index contributed by atoms with van der Waals surface area (Å²) in [6, 6.07) is 7.51. The smallest absolute Gasteiger partial charge is 0.338 e. The van der Waals surface area contributed by atoms with E-state index in [1.165, 1.54) is 28.6 Å². The summed E-state index contributed by atoms with van der Waals surface area (Å²) in [5, 5.41) is 11.8. The Bertz CT molecular complexity index is 857. The van der Waals surface area contributed by atoms with Gasteiger partial charge in [-0.05, 0) is 31.0 Å². The molecule has 28 heavy (non-hydrogen) atoms. The number of rotatable bonds is 9. The van der Waals surface area contributed by atoms with Gasteiger partial charge in [0, 0.05) is 13.1 Å². The molecule has 0 spiro atoms. The third-order valence-corrected chi connectivity index (χ3v) is 6.58. The van der Waals surface area contributed by atoms with Crippen LogP contribution in [0.3, 0.4) is 0 Å². The highest BCUT2D eigenvalue weighted by Gasteiger charge is 2.30. The van der Waals surface area contributed by atoms with Gasteiger partial charge in [0.05, 0.1) is 16.5 Å². The van der Waals surface area contributed by atoms with E-state index in [1.54, 1.807) is 34.6 Å². The van der Waals surface area contributed by atoms with Gasteiger partial charge >= 0.3 is 5.97 Å². The summed E-state index contributed by atoms with van der Waals surface area (Å²) in [4.78, 5) is 24.2. The van der Waals surface area contributed by atoms with Gasteiger partial charge in [0.25, 0.3) is 5.91 Å². The average Bonchev–Trinajstić information content (AvgIpc) is 2.66. The number of sulfonamides is 1. The zero-order chi connectivity index (χ0) is 21.5. The molecule has 0 aliphatic heterocycles. The minimum absolute atomic E-state index is 0.0212. The van der Waals surface area contributed by atoms with Crippen molar-refractivity contribution < 1.29 is 22.7 Å². The summed E-state index contributed by atoms with van der Waals surface area (Å²) < 4.78 is 31.4. The predicted octanol–water partition coefficient (Wildman–Crippen LogP) is 1.93. The van der Waals surface area contributed by atoms with Crippen molar-refractivity contribution in [1.29, 1.82) is 5.26 Å². The molecular formula is C19H27N3O5S. The first-order chi connectivity index (χ1) is 13.0. The van der Waals surface area contributed by atoms with E-state index in [-0.39, 0.29) is 16.4 Å². The lowest BCUT2D eigenvalue weighted by molar-refractivity contribution is -0.125. The highest BCUT2D eigenvalue weighted by atomic mass is 32.2. The molecule has 0 aliphatic carbocycles. The van der Waals surface area contributed by atoms with Gasteiger partial charge in [-0.3, -0.25) is 4.79 Å². The Balaban J connectivity index is 2.87. The van der Waals surface area contributed by atoms with E-state index in [0.29, 0.717) is 13.1 Å². The number of nitriles is 1. The second-order valence-electron chi connectivity index (χ2n) is 6.71. The molecule has 1 unspecified atom stereocenters. The van der Waals surface area contributed by atoms with Crippen LogP contribution in [0, 0.1) is 17.2 Å². The number of nitrogens with zero attached hydrogens (tertiary/aromatic N) is 2. The van der Waals surface area contributed by atoms with E-state index in [4.69, 9.17) is 4.74 Å². The van der Waals surface area contributed by atoms with Gasteiger partial charge in [-0.25, -0.2) is 13.2 Å². The first-order valence-corrected chi connectivity index (χ1v) is 10.4. The maximum absolute atomic E-state index is 12.6. The summed E-state index contributed by atoms with van der Waals surface area (Å²) in [7, 11) is -3.72. The van der Waals surface area contributed by atoms with Crippen molar-refractivity contribution in [3.05, 3.63) is 29.8 Å². The predicted molar refractivity (Wildman–Crippen MR) is 104 cm³/mol. The molecule has 1 rings (SSSR count). The Morgan fingerprint density at radius 1 is 1.29 bits per heavy atom. The zero-order valence-electron chi connectivity index (χ0n) is 16.9. The minimum atomic E-state index is -3.72. The van der Waals surface area contributed by atoms with Crippen LogP contribution >= 0.6 is 0 Å². The van der Waals surface area contributed by atoms with Gasteiger partial charge in [-0.15, -0.1) is 0 Å². The molecule has 0 saturated heterocycles.